The van der Waals surface area contributed by atoms with E-state index in [-0.39, 0.29) is 0 Å². The van der Waals surface area contributed by atoms with Crippen LogP contribution in [0.2, 0.25) is 10.0 Å². The van der Waals surface area contributed by atoms with Crippen molar-refractivity contribution in [2.75, 3.05) is 0 Å². The molecule has 24 heavy (non-hydrogen) atoms. The van der Waals surface area contributed by atoms with Crippen molar-refractivity contribution < 1.29 is 0 Å². The first kappa shape index (κ1) is 16.6. The Morgan fingerprint density at radius 2 is 0.583 bits per heavy atom. The van der Waals surface area contributed by atoms with Gasteiger partial charge in [-0.3, -0.25) is 0 Å². The zero-order valence-corrected chi connectivity index (χ0v) is 14.5. The average Bonchev–Trinajstić information content (AvgIpc) is 2.62. The molecular formula is C22H16Cl2. The monoisotopic (exact) mass is 350 g/mol. The summed E-state index contributed by atoms with van der Waals surface area (Å²) in [5, 5.41) is 1.51. The standard InChI is InChI=1S/C22H16Cl2/c23-21-13-9-19(10-14-21)7-5-17-1-2-18(4-3-17)6-8-20-11-15-22(24)16-12-20/h1-16H. The molecule has 0 unspecified atom stereocenters. The normalized spacial score (nSPS) is 11.4. The lowest BCUT2D eigenvalue weighted by atomic mass is 10.1. The second kappa shape index (κ2) is 8.01. The Bertz CT molecular complexity index is 765. The topological polar surface area (TPSA) is 0 Å². The van der Waals surface area contributed by atoms with Crippen LogP contribution in [0.3, 0.4) is 0 Å². The first-order valence-corrected chi connectivity index (χ1v) is 8.42. The van der Waals surface area contributed by atoms with E-state index in [1.807, 2.05) is 48.5 Å². The summed E-state index contributed by atoms with van der Waals surface area (Å²) >= 11 is 11.8. The Morgan fingerprint density at radius 3 is 0.833 bits per heavy atom. The summed E-state index contributed by atoms with van der Waals surface area (Å²) in [6, 6.07) is 24.0. The Morgan fingerprint density at radius 1 is 0.375 bits per heavy atom. The third-order valence-corrected chi connectivity index (χ3v) is 4.12. The van der Waals surface area contributed by atoms with Crippen LogP contribution in [0.1, 0.15) is 22.3 Å². The molecule has 3 aromatic carbocycles. The van der Waals surface area contributed by atoms with Crippen LogP contribution in [0, 0.1) is 0 Å². The highest BCUT2D eigenvalue weighted by Gasteiger charge is 1.92. The van der Waals surface area contributed by atoms with Crippen LogP contribution >= 0.6 is 23.2 Å². The minimum Gasteiger partial charge on any atom is -0.0843 e. The van der Waals surface area contributed by atoms with Gasteiger partial charge in [0.25, 0.3) is 0 Å². The van der Waals surface area contributed by atoms with Crippen LogP contribution in [0.5, 0.6) is 0 Å². The van der Waals surface area contributed by atoms with Gasteiger partial charge in [-0.1, -0.05) is 96.0 Å². The van der Waals surface area contributed by atoms with Crippen LogP contribution in [0.4, 0.5) is 0 Å². The molecule has 3 aromatic rings. The van der Waals surface area contributed by atoms with Gasteiger partial charge in [-0.25, -0.2) is 0 Å². The lowest BCUT2D eigenvalue weighted by molar-refractivity contribution is 1.61. The average molecular weight is 351 g/mol. The van der Waals surface area contributed by atoms with Gasteiger partial charge in [0.05, 0.1) is 0 Å². The number of halogens is 2. The molecule has 0 N–H and O–H groups in total. The fourth-order valence-corrected chi connectivity index (χ4v) is 2.50. The molecular weight excluding hydrogens is 335 g/mol. The lowest BCUT2D eigenvalue weighted by Gasteiger charge is -1.98. The highest BCUT2D eigenvalue weighted by molar-refractivity contribution is 6.30. The van der Waals surface area contributed by atoms with E-state index in [0.29, 0.717) is 0 Å². The van der Waals surface area contributed by atoms with Gasteiger partial charge in [-0.2, -0.15) is 0 Å². The fourth-order valence-electron chi connectivity index (χ4n) is 2.25. The summed E-state index contributed by atoms with van der Waals surface area (Å²) in [4.78, 5) is 0. The zero-order chi connectivity index (χ0) is 16.8. The van der Waals surface area contributed by atoms with Crippen molar-refractivity contribution in [3.05, 3.63) is 105 Å². The van der Waals surface area contributed by atoms with Crippen LogP contribution in [-0.2, 0) is 0 Å². The quantitative estimate of drug-likeness (QED) is 0.432. The van der Waals surface area contributed by atoms with Crippen molar-refractivity contribution >= 4 is 47.5 Å². The highest BCUT2D eigenvalue weighted by Crippen LogP contribution is 2.15. The van der Waals surface area contributed by atoms with Gasteiger partial charge in [0.2, 0.25) is 0 Å². The molecule has 0 heterocycles. The molecule has 0 bridgehead atoms. The number of benzene rings is 3. The minimum absolute atomic E-state index is 0.754. The number of rotatable bonds is 4. The minimum atomic E-state index is 0.754. The van der Waals surface area contributed by atoms with Gasteiger partial charge in [-0.05, 0) is 46.5 Å². The highest BCUT2D eigenvalue weighted by atomic mass is 35.5. The van der Waals surface area contributed by atoms with Gasteiger partial charge in [0.15, 0.2) is 0 Å². The van der Waals surface area contributed by atoms with E-state index in [4.69, 9.17) is 23.2 Å². The van der Waals surface area contributed by atoms with E-state index in [2.05, 4.69) is 48.6 Å². The van der Waals surface area contributed by atoms with Gasteiger partial charge >= 0.3 is 0 Å². The van der Waals surface area contributed by atoms with E-state index in [9.17, 15) is 0 Å². The first-order chi connectivity index (χ1) is 11.7. The number of hydrogen-bond donors (Lipinski definition) is 0. The van der Waals surface area contributed by atoms with Crippen molar-refractivity contribution in [1.82, 2.24) is 0 Å². The summed E-state index contributed by atoms with van der Waals surface area (Å²) < 4.78 is 0. The Hall–Kier alpha value is -2.28. The van der Waals surface area contributed by atoms with E-state index < -0.39 is 0 Å². The Balaban J connectivity index is 1.66. The molecule has 0 saturated heterocycles. The third kappa shape index (κ3) is 4.86. The third-order valence-electron chi connectivity index (χ3n) is 3.61. The second-order valence-corrected chi connectivity index (χ2v) is 6.31. The maximum Gasteiger partial charge on any atom is 0.0406 e. The fraction of sp³-hybridized carbons (Fsp3) is 0. The molecule has 0 amide bonds. The summed E-state index contributed by atoms with van der Waals surface area (Å²) in [7, 11) is 0. The molecule has 0 aromatic heterocycles. The van der Waals surface area contributed by atoms with Crippen molar-refractivity contribution in [3.63, 3.8) is 0 Å². The predicted molar refractivity (Wildman–Crippen MR) is 107 cm³/mol. The molecule has 0 aliphatic heterocycles. The van der Waals surface area contributed by atoms with Crippen LogP contribution in [-0.4, -0.2) is 0 Å². The molecule has 0 atom stereocenters. The molecule has 0 spiro atoms. The van der Waals surface area contributed by atoms with E-state index in [0.717, 1.165) is 32.3 Å². The molecule has 0 saturated carbocycles. The van der Waals surface area contributed by atoms with E-state index in [1.165, 1.54) is 0 Å². The van der Waals surface area contributed by atoms with Gasteiger partial charge < -0.3 is 0 Å². The smallest absolute Gasteiger partial charge is 0.0406 e. The van der Waals surface area contributed by atoms with E-state index >= 15 is 0 Å². The summed E-state index contributed by atoms with van der Waals surface area (Å²) in [6.07, 6.45) is 8.34. The van der Waals surface area contributed by atoms with Crippen molar-refractivity contribution in [3.8, 4) is 0 Å². The van der Waals surface area contributed by atoms with Crippen molar-refractivity contribution in [2.45, 2.75) is 0 Å². The van der Waals surface area contributed by atoms with Crippen LogP contribution in [0.15, 0.2) is 72.8 Å². The second-order valence-electron chi connectivity index (χ2n) is 5.44. The lowest BCUT2D eigenvalue weighted by Crippen LogP contribution is -1.76. The van der Waals surface area contributed by atoms with Crippen LogP contribution < -0.4 is 0 Å². The molecule has 0 radical (unpaired) electrons. The largest absolute Gasteiger partial charge is 0.0843 e. The van der Waals surface area contributed by atoms with Gasteiger partial charge in [0.1, 0.15) is 0 Å². The molecule has 0 aliphatic rings. The maximum atomic E-state index is 5.89. The maximum absolute atomic E-state index is 5.89. The Labute approximate surface area is 152 Å². The summed E-state index contributed by atoms with van der Waals surface area (Å²) in [6.45, 7) is 0. The zero-order valence-electron chi connectivity index (χ0n) is 13.0. The molecule has 118 valence electrons. The summed E-state index contributed by atoms with van der Waals surface area (Å²) in [5.74, 6) is 0. The molecule has 0 nitrogen and oxygen atoms in total. The summed E-state index contributed by atoms with van der Waals surface area (Å²) in [5.41, 5.74) is 4.58. The van der Waals surface area contributed by atoms with Crippen LogP contribution in [0.25, 0.3) is 24.3 Å². The van der Waals surface area contributed by atoms with Gasteiger partial charge in [0, 0.05) is 10.0 Å². The molecule has 0 fully saturated rings. The SMILES string of the molecule is Clc1ccc(C=Cc2ccc(C=Cc3ccc(Cl)cc3)cc2)cc1. The van der Waals surface area contributed by atoms with E-state index in [1.54, 1.807) is 0 Å². The predicted octanol–water partition coefficient (Wildman–Crippen LogP) is 7.33. The molecule has 3 rings (SSSR count). The first-order valence-electron chi connectivity index (χ1n) is 7.66. The van der Waals surface area contributed by atoms with Crippen molar-refractivity contribution in [2.24, 2.45) is 0 Å². The molecule has 0 aliphatic carbocycles. The molecule has 2 heteroatoms. The van der Waals surface area contributed by atoms with Gasteiger partial charge in [-0.15, -0.1) is 0 Å². The Kier molecular flexibility index (Phi) is 5.53. The number of hydrogen-bond acceptors (Lipinski definition) is 0. The van der Waals surface area contributed by atoms with Crippen molar-refractivity contribution in [1.29, 1.82) is 0 Å².